The van der Waals surface area contributed by atoms with Gasteiger partial charge in [0.25, 0.3) is 0 Å². The van der Waals surface area contributed by atoms with Gasteiger partial charge in [-0.3, -0.25) is 0 Å². The van der Waals surface area contributed by atoms with Crippen LogP contribution in [0, 0.1) is 0 Å². The van der Waals surface area contributed by atoms with Gasteiger partial charge >= 0.3 is 0 Å². The summed E-state index contributed by atoms with van der Waals surface area (Å²) in [6, 6.07) is 0. The molecule has 0 saturated heterocycles. The van der Waals surface area contributed by atoms with E-state index < -0.39 is 0 Å². The molecule has 52 valence electrons. The first-order valence-electron chi connectivity index (χ1n) is 3.28. The number of hydrogen-bond donors (Lipinski definition) is 2. The first kappa shape index (κ1) is 24.9. The Morgan fingerprint density at radius 2 is 1.00 bits per heavy atom. The molecule has 4 N–H and O–H groups in total. The van der Waals surface area contributed by atoms with E-state index in [9.17, 15) is 0 Å². The molecule has 0 bridgehead atoms. The molecule has 0 aromatic carbocycles. The molecule has 0 heterocycles. The largest absolute Gasteiger partial charge is 0.313 e. The zero-order valence-corrected chi connectivity index (χ0v) is 17.2. The molecule has 0 unspecified atom stereocenters. The molecule has 0 spiro atoms. The van der Waals surface area contributed by atoms with Crippen molar-refractivity contribution in [1.29, 1.82) is 0 Å². The summed E-state index contributed by atoms with van der Waals surface area (Å²) in [5.74, 6) is 0. The van der Waals surface area contributed by atoms with Crippen LogP contribution >= 0.6 is 0 Å². The van der Waals surface area contributed by atoms with Crippen molar-refractivity contribution in [2.24, 2.45) is 11.5 Å². The number of hydrogen-bond acceptors (Lipinski definition) is 2. The predicted octanol–water partition coefficient (Wildman–Crippen LogP) is -0.959. The van der Waals surface area contributed by atoms with Gasteiger partial charge in [0.1, 0.15) is 0 Å². The number of rotatable bonds is 0. The maximum Gasteiger partial charge on any atom is 0.0636 e. The summed E-state index contributed by atoms with van der Waals surface area (Å²) in [5, 5.41) is 0. The topological polar surface area (TPSA) is 52.0 Å². The second-order valence-electron chi connectivity index (χ2n) is 2.79. The average Bonchev–Trinajstić information content (AvgIpc) is 1.65. The van der Waals surface area contributed by atoms with Gasteiger partial charge < -0.3 is 11.5 Å². The molecule has 1 fully saturated rings. The van der Waals surface area contributed by atoms with Crippen molar-refractivity contribution in [1.82, 2.24) is 0 Å². The van der Waals surface area contributed by atoms with Gasteiger partial charge in [0, 0.05) is 118 Å². The minimum Gasteiger partial charge on any atom is -0.313 e. The summed E-state index contributed by atoms with van der Waals surface area (Å²) in [6.07, 6.45) is 5.76. The monoisotopic (exact) mass is 206 g/mol. The summed E-state index contributed by atoms with van der Waals surface area (Å²) >= 11 is 0. The van der Waals surface area contributed by atoms with Gasteiger partial charge in [0.2, 0.25) is 0 Å². The van der Waals surface area contributed by atoms with Crippen LogP contribution in [0.25, 0.3) is 0 Å². The zero-order chi connectivity index (χ0) is 6.04. The van der Waals surface area contributed by atoms with Crippen molar-refractivity contribution in [3.05, 3.63) is 0 Å². The Labute approximate surface area is 164 Å². The van der Waals surface area contributed by atoms with Gasteiger partial charge in [-0.2, -0.15) is 0 Å². The van der Waals surface area contributed by atoms with Gasteiger partial charge in [-0.15, -0.1) is 0 Å². The normalized spacial score (nSPS) is 18.5. The van der Waals surface area contributed by atoms with E-state index in [4.69, 9.17) is 11.5 Å². The van der Waals surface area contributed by atoms with Crippen molar-refractivity contribution in [2.75, 3.05) is 0 Å². The Bertz CT molecular complexity index is 81.6. The van der Waals surface area contributed by atoms with E-state index in [0.717, 1.165) is 12.8 Å². The molecule has 0 aromatic heterocycles. The van der Waals surface area contributed by atoms with Crippen LogP contribution in [-0.4, -0.2) is 124 Å². The molecule has 4 radical (unpaired) electrons. The number of nitrogens with two attached hydrogens (primary N) is 2. The van der Waals surface area contributed by atoms with E-state index in [0.29, 0.717) is 0 Å². The molecule has 0 atom stereocenters. The maximum absolute atomic E-state index is 5.66. The fourth-order valence-corrected chi connectivity index (χ4v) is 1.21. The SMILES string of the molecule is NC1(N)CCCCC1.[Na].[Na].[Na].[Na]. The average molecular weight is 206 g/mol. The quantitative estimate of drug-likeness (QED) is 0.396. The molecule has 1 rings (SSSR count). The van der Waals surface area contributed by atoms with Crippen LogP contribution in [0.4, 0.5) is 0 Å². The van der Waals surface area contributed by atoms with Crippen molar-refractivity contribution in [3.8, 4) is 0 Å². The van der Waals surface area contributed by atoms with Crippen LogP contribution in [0.2, 0.25) is 0 Å². The minimum atomic E-state index is -0.321. The second kappa shape index (κ2) is 13.0. The third-order valence-electron chi connectivity index (χ3n) is 1.78. The third kappa shape index (κ3) is 12.0. The summed E-state index contributed by atoms with van der Waals surface area (Å²) in [5.41, 5.74) is 11.0. The summed E-state index contributed by atoms with van der Waals surface area (Å²) in [4.78, 5) is 0. The van der Waals surface area contributed by atoms with E-state index in [1.54, 1.807) is 0 Å². The Balaban J connectivity index is -0.0000000800. The van der Waals surface area contributed by atoms with Crippen molar-refractivity contribution < 1.29 is 0 Å². The van der Waals surface area contributed by atoms with Gasteiger partial charge in [0.05, 0.1) is 5.66 Å². The predicted molar refractivity (Wildman–Crippen MR) is 57.2 cm³/mol. The molecule has 1 aliphatic carbocycles. The summed E-state index contributed by atoms with van der Waals surface area (Å²) in [7, 11) is 0. The van der Waals surface area contributed by atoms with E-state index in [1.807, 2.05) is 0 Å². The third-order valence-corrected chi connectivity index (χ3v) is 1.78. The molecule has 6 heteroatoms. The van der Waals surface area contributed by atoms with Crippen LogP contribution < -0.4 is 11.5 Å². The van der Waals surface area contributed by atoms with Gasteiger partial charge in [-0.1, -0.05) is 19.3 Å². The molecule has 0 amide bonds. The minimum absolute atomic E-state index is 0. The van der Waals surface area contributed by atoms with Crippen LogP contribution in [0.5, 0.6) is 0 Å². The van der Waals surface area contributed by atoms with E-state index >= 15 is 0 Å². The molecule has 0 aliphatic heterocycles. The van der Waals surface area contributed by atoms with Crippen LogP contribution in [0.3, 0.4) is 0 Å². The standard InChI is InChI=1S/C6H14N2.4Na/c7-6(8)4-2-1-3-5-6;;;;/h1-5,7-8H2;;;;. The molecule has 1 aliphatic rings. The zero-order valence-electron chi connectivity index (χ0n) is 9.19. The van der Waals surface area contributed by atoms with Gasteiger partial charge in [0.15, 0.2) is 0 Å². The van der Waals surface area contributed by atoms with Crippen LogP contribution in [0.15, 0.2) is 0 Å². The van der Waals surface area contributed by atoms with E-state index in [2.05, 4.69) is 0 Å². The molecular formula is C6H14N2Na4. The fourth-order valence-electron chi connectivity index (χ4n) is 1.21. The maximum atomic E-state index is 5.66. The van der Waals surface area contributed by atoms with Crippen molar-refractivity contribution in [2.45, 2.75) is 37.8 Å². The summed E-state index contributed by atoms with van der Waals surface area (Å²) < 4.78 is 0. The second-order valence-corrected chi connectivity index (χ2v) is 2.79. The van der Waals surface area contributed by atoms with Crippen molar-refractivity contribution >= 4 is 118 Å². The van der Waals surface area contributed by atoms with Gasteiger partial charge in [-0.25, -0.2) is 0 Å². The molecule has 12 heavy (non-hydrogen) atoms. The Kier molecular flexibility index (Phi) is 27.0. The van der Waals surface area contributed by atoms with Gasteiger partial charge in [-0.05, 0) is 12.8 Å². The molecule has 0 aromatic rings. The van der Waals surface area contributed by atoms with Crippen molar-refractivity contribution in [3.63, 3.8) is 0 Å². The molecule has 2 nitrogen and oxygen atoms in total. The first-order valence-corrected chi connectivity index (χ1v) is 3.28. The van der Waals surface area contributed by atoms with E-state index in [1.165, 1.54) is 19.3 Å². The molecular weight excluding hydrogens is 192 g/mol. The van der Waals surface area contributed by atoms with E-state index in [-0.39, 0.29) is 124 Å². The van der Waals surface area contributed by atoms with Crippen LogP contribution in [-0.2, 0) is 0 Å². The Morgan fingerprint density at radius 3 is 1.17 bits per heavy atom. The fraction of sp³-hybridized carbons (Fsp3) is 1.00. The summed E-state index contributed by atoms with van der Waals surface area (Å²) in [6.45, 7) is 0. The molecule has 1 saturated carbocycles. The van der Waals surface area contributed by atoms with Crippen LogP contribution in [0.1, 0.15) is 32.1 Å². The smallest absolute Gasteiger partial charge is 0.0636 e. The first-order chi connectivity index (χ1) is 3.71. The Hall–Kier alpha value is 3.92. The Morgan fingerprint density at radius 1 is 0.667 bits per heavy atom.